The maximum Gasteiger partial charge on any atom is 0.234 e. The molecule has 0 bridgehead atoms. The van der Waals surface area contributed by atoms with Gasteiger partial charge in [0.1, 0.15) is 11.6 Å². The number of benzene rings is 1. The summed E-state index contributed by atoms with van der Waals surface area (Å²) in [5.41, 5.74) is 0.148. The molecule has 0 spiro atoms. The Balaban J connectivity index is 2.66. The van der Waals surface area contributed by atoms with Gasteiger partial charge in [0.05, 0.1) is 12.6 Å². The molecular weight excluding hydrogens is 226 g/mol. The first kappa shape index (κ1) is 13.6. The van der Waals surface area contributed by atoms with Gasteiger partial charge < -0.3 is 10.6 Å². The fourth-order valence-corrected chi connectivity index (χ4v) is 1.46. The van der Waals surface area contributed by atoms with Crippen molar-refractivity contribution in [3.8, 4) is 0 Å². The van der Waals surface area contributed by atoms with Gasteiger partial charge >= 0.3 is 0 Å². The Bertz CT molecular complexity index is 396. The first-order chi connectivity index (χ1) is 8.04. The molecule has 1 amide bonds. The third kappa shape index (κ3) is 4.11. The fourth-order valence-electron chi connectivity index (χ4n) is 1.46. The van der Waals surface area contributed by atoms with Crippen LogP contribution in [0.4, 0.5) is 8.78 Å². The van der Waals surface area contributed by atoms with E-state index in [4.69, 9.17) is 0 Å². The average Bonchev–Trinajstić information content (AvgIpc) is 2.29. The predicted molar refractivity (Wildman–Crippen MR) is 61.5 cm³/mol. The molecule has 0 aliphatic rings. The maximum absolute atomic E-state index is 13.4. The van der Waals surface area contributed by atoms with E-state index >= 15 is 0 Å². The van der Waals surface area contributed by atoms with Crippen molar-refractivity contribution in [1.82, 2.24) is 10.6 Å². The average molecular weight is 242 g/mol. The lowest BCUT2D eigenvalue weighted by atomic mass is 10.1. The normalized spacial score (nSPS) is 12.2. The third-order valence-corrected chi connectivity index (χ3v) is 2.34. The first-order valence-electron chi connectivity index (χ1n) is 5.49. The van der Waals surface area contributed by atoms with E-state index in [-0.39, 0.29) is 18.0 Å². The summed E-state index contributed by atoms with van der Waals surface area (Å²) in [6, 6.07) is 2.63. The molecule has 1 aromatic carbocycles. The van der Waals surface area contributed by atoms with Gasteiger partial charge in [0.2, 0.25) is 5.91 Å². The summed E-state index contributed by atoms with van der Waals surface area (Å²) in [5.74, 6) is -1.29. The molecule has 1 aromatic rings. The van der Waals surface area contributed by atoms with Gasteiger partial charge in [-0.1, -0.05) is 6.92 Å². The van der Waals surface area contributed by atoms with Gasteiger partial charge in [-0.15, -0.1) is 0 Å². The van der Waals surface area contributed by atoms with Crippen LogP contribution in [0.2, 0.25) is 0 Å². The molecule has 3 nitrogen and oxygen atoms in total. The Morgan fingerprint density at radius 2 is 2.12 bits per heavy atom. The molecular formula is C12H16F2N2O. The largest absolute Gasteiger partial charge is 0.348 e. The van der Waals surface area contributed by atoms with E-state index in [2.05, 4.69) is 10.6 Å². The van der Waals surface area contributed by atoms with Gasteiger partial charge in [0, 0.05) is 5.56 Å². The fraction of sp³-hybridized carbons (Fsp3) is 0.417. The van der Waals surface area contributed by atoms with E-state index in [9.17, 15) is 13.6 Å². The van der Waals surface area contributed by atoms with E-state index in [1.807, 2.05) is 6.92 Å². The highest BCUT2D eigenvalue weighted by Gasteiger charge is 2.13. The monoisotopic (exact) mass is 242 g/mol. The molecule has 0 heterocycles. The van der Waals surface area contributed by atoms with Crippen molar-refractivity contribution in [3.63, 3.8) is 0 Å². The molecule has 0 fully saturated rings. The number of likely N-dealkylation sites (N-methyl/N-ethyl adjacent to an activating group) is 1. The zero-order valence-electron chi connectivity index (χ0n) is 9.89. The van der Waals surface area contributed by atoms with E-state index in [0.717, 1.165) is 18.2 Å². The van der Waals surface area contributed by atoms with Crippen molar-refractivity contribution >= 4 is 5.91 Å². The van der Waals surface area contributed by atoms with Crippen LogP contribution in [0.3, 0.4) is 0 Å². The molecule has 2 N–H and O–H groups in total. The first-order valence-corrected chi connectivity index (χ1v) is 5.49. The molecule has 5 heteroatoms. The van der Waals surface area contributed by atoms with Crippen LogP contribution in [0.15, 0.2) is 18.2 Å². The van der Waals surface area contributed by atoms with Crippen LogP contribution in [0, 0.1) is 11.6 Å². The van der Waals surface area contributed by atoms with Crippen molar-refractivity contribution in [2.24, 2.45) is 0 Å². The quantitative estimate of drug-likeness (QED) is 0.826. The summed E-state index contributed by atoms with van der Waals surface area (Å²) >= 11 is 0. The summed E-state index contributed by atoms with van der Waals surface area (Å²) in [4.78, 5) is 11.4. The lowest BCUT2D eigenvalue weighted by Gasteiger charge is -2.15. The van der Waals surface area contributed by atoms with Crippen molar-refractivity contribution in [1.29, 1.82) is 0 Å². The van der Waals surface area contributed by atoms with Gasteiger partial charge in [-0.25, -0.2) is 8.78 Å². The van der Waals surface area contributed by atoms with Crippen molar-refractivity contribution in [2.45, 2.75) is 19.9 Å². The van der Waals surface area contributed by atoms with Crippen LogP contribution in [0.1, 0.15) is 25.5 Å². The van der Waals surface area contributed by atoms with Gasteiger partial charge in [-0.2, -0.15) is 0 Å². The van der Waals surface area contributed by atoms with E-state index < -0.39 is 17.7 Å². The number of rotatable bonds is 5. The van der Waals surface area contributed by atoms with Crippen LogP contribution in [-0.4, -0.2) is 19.0 Å². The van der Waals surface area contributed by atoms with E-state index in [1.165, 1.54) is 0 Å². The van der Waals surface area contributed by atoms with Crippen LogP contribution < -0.4 is 10.6 Å². The zero-order chi connectivity index (χ0) is 12.8. The standard InChI is InChI=1S/C12H16F2N2O/c1-3-15-7-12(17)16-8(2)10-6-9(13)4-5-11(10)14/h4-6,8,15H,3,7H2,1-2H3,(H,16,17). The SMILES string of the molecule is CCNCC(=O)NC(C)c1cc(F)ccc1F. The summed E-state index contributed by atoms with van der Waals surface area (Å²) in [5, 5.41) is 5.44. The molecule has 0 radical (unpaired) electrons. The zero-order valence-corrected chi connectivity index (χ0v) is 9.89. The number of carbonyl (C=O) groups excluding carboxylic acids is 1. The van der Waals surface area contributed by atoms with Crippen LogP contribution in [0.25, 0.3) is 0 Å². The minimum atomic E-state index is -0.558. The number of hydrogen-bond acceptors (Lipinski definition) is 2. The highest BCUT2D eigenvalue weighted by molar-refractivity contribution is 5.78. The molecule has 0 aliphatic carbocycles. The highest BCUT2D eigenvalue weighted by Crippen LogP contribution is 2.17. The Hall–Kier alpha value is -1.49. The Labute approximate surface area is 99.2 Å². The summed E-state index contributed by atoms with van der Waals surface area (Å²) in [6.45, 7) is 4.33. The molecule has 0 saturated carbocycles. The number of halogens is 2. The van der Waals surface area contributed by atoms with Crippen LogP contribution >= 0.6 is 0 Å². The molecule has 0 saturated heterocycles. The smallest absolute Gasteiger partial charge is 0.234 e. The lowest BCUT2D eigenvalue weighted by Crippen LogP contribution is -2.35. The predicted octanol–water partition coefficient (Wildman–Crippen LogP) is 1.75. The summed E-state index contributed by atoms with van der Waals surface area (Å²) in [7, 11) is 0. The summed E-state index contributed by atoms with van der Waals surface area (Å²) in [6.07, 6.45) is 0. The van der Waals surface area contributed by atoms with Gasteiger partial charge in [-0.3, -0.25) is 4.79 Å². The molecule has 94 valence electrons. The van der Waals surface area contributed by atoms with Gasteiger partial charge in [0.25, 0.3) is 0 Å². The Morgan fingerprint density at radius 3 is 2.76 bits per heavy atom. The second-order valence-corrected chi connectivity index (χ2v) is 3.74. The topological polar surface area (TPSA) is 41.1 Å². The van der Waals surface area contributed by atoms with E-state index in [0.29, 0.717) is 6.54 Å². The summed E-state index contributed by atoms with van der Waals surface area (Å²) < 4.78 is 26.3. The number of carbonyl (C=O) groups is 1. The number of amides is 1. The molecule has 1 atom stereocenters. The third-order valence-electron chi connectivity index (χ3n) is 2.34. The number of hydrogen-bond donors (Lipinski definition) is 2. The molecule has 17 heavy (non-hydrogen) atoms. The van der Waals surface area contributed by atoms with Gasteiger partial charge in [0.15, 0.2) is 0 Å². The second-order valence-electron chi connectivity index (χ2n) is 3.74. The van der Waals surface area contributed by atoms with Crippen molar-refractivity contribution < 1.29 is 13.6 Å². The minimum Gasteiger partial charge on any atom is -0.348 e. The van der Waals surface area contributed by atoms with E-state index in [1.54, 1.807) is 6.92 Å². The van der Waals surface area contributed by atoms with Crippen molar-refractivity contribution in [3.05, 3.63) is 35.4 Å². The van der Waals surface area contributed by atoms with Crippen molar-refractivity contribution in [2.75, 3.05) is 13.1 Å². The minimum absolute atomic E-state index is 0.148. The maximum atomic E-state index is 13.4. The molecule has 0 aromatic heterocycles. The molecule has 1 rings (SSSR count). The van der Waals surface area contributed by atoms with Crippen LogP contribution in [-0.2, 0) is 4.79 Å². The molecule has 0 aliphatic heterocycles. The number of nitrogens with one attached hydrogen (secondary N) is 2. The Morgan fingerprint density at radius 1 is 1.41 bits per heavy atom. The van der Waals surface area contributed by atoms with Gasteiger partial charge in [-0.05, 0) is 31.7 Å². The Kier molecular flexibility index (Phi) is 5.03. The van der Waals surface area contributed by atoms with Crippen LogP contribution in [0.5, 0.6) is 0 Å². The lowest BCUT2D eigenvalue weighted by molar-refractivity contribution is -0.120. The second kappa shape index (κ2) is 6.30. The highest BCUT2D eigenvalue weighted by atomic mass is 19.1. The molecule has 1 unspecified atom stereocenters.